The van der Waals surface area contributed by atoms with Gasteiger partial charge in [-0.1, -0.05) is 5.16 Å². The van der Waals surface area contributed by atoms with E-state index in [9.17, 15) is 4.79 Å². The van der Waals surface area contributed by atoms with Gasteiger partial charge < -0.3 is 14.2 Å². The third-order valence-electron chi connectivity index (χ3n) is 4.54. The summed E-state index contributed by atoms with van der Waals surface area (Å²) in [5.41, 5.74) is 4.20. The van der Waals surface area contributed by atoms with Gasteiger partial charge in [0, 0.05) is 41.4 Å². The van der Waals surface area contributed by atoms with Crippen molar-refractivity contribution in [1.82, 2.24) is 19.6 Å². The second-order valence-electron chi connectivity index (χ2n) is 6.39. The molecule has 0 bridgehead atoms. The molecule has 0 unspecified atom stereocenters. The molecule has 26 heavy (non-hydrogen) atoms. The van der Waals surface area contributed by atoms with Gasteiger partial charge in [0.2, 0.25) is 0 Å². The Hall–Kier alpha value is -2.61. The van der Waals surface area contributed by atoms with Crippen LogP contribution in [0, 0.1) is 20.8 Å². The first-order valence-corrected chi connectivity index (χ1v) is 9.40. The Kier molecular flexibility index (Phi) is 4.28. The summed E-state index contributed by atoms with van der Waals surface area (Å²) in [7, 11) is 0. The van der Waals surface area contributed by atoms with E-state index in [-0.39, 0.29) is 6.09 Å². The Bertz CT molecular complexity index is 956. The highest BCUT2D eigenvalue weighted by Gasteiger charge is 2.22. The molecule has 4 heterocycles. The first-order chi connectivity index (χ1) is 12.5. The van der Waals surface area contributed by atoms with Crippen molar-refractivity contribution in [3.63, 3.8) is 0 Å². The van der Waals surface area contributed by atoms with Crippen molar-refractivity contribution >= 4 is 17.4 Å². The number of hydrogen-bond acceptors (Lipinski definition) is 6. The maximum absolute atomic E-state index is 11.5. The summed E-state index contributed by atoms with van der Waals surface area (Å²) >= 11 is 1.62. The van der Waals surface area contributed by atoms with E-state index in [0.717, 1.165) is 45.7 Å². The lowest BCUT2D eigenvalue weighted by atomic mass is 10.2. The van der Waals surface area contributed by atoms with Gasteiger partial charge in [-0.15, -0.1) is 11.3 Å². The number of aryl methyl sites for hydroxylation is 2. The van der Waals surface area contributed by atoms with Gasteiger partial charge in [-0.25, -0.2) is 9.78 Å². The Morgan fingerprint density at radius 3 is 2.81 bits per heavy atom. The van der Waals surface area contributed by atoms with Crippen molar-refractivity contribution < 1.29 is 14.1 Å². The van der Waals surface area contributed by atoms with Crippen molar-refractivity contribution in [3.8, 4) is 17.1 Å². The van der Waals surface area contributed by atoms with Crippen LogP contribution in [0.4, 0.5) is 4.79 Å². The van der Waals surface area contributed by atoms with E-state index < -0.39 is 0 Å². The highest BCUT2D eigenvalue weighted by molar-refractivity contribution is 7.09. The molecular weight excluding hydrogens is 352 g/mol. The zero-order valence-electron chi connectivity index (χ0n) is 15.0. The average molecular weight is 372 g/mol. The van der Waals surface area contributed by atoms with Gasteiger partial charge in [0.05, 0.1) is 17.2 Å². The molecule has 7 nitrogen and oxygen atoms in total. The number of aromatic nitrogens is 3. The van der Waals surface area contributed by atoms with Gasteiger partial charge in [-0.3, -0.25) is 4.57 Å². The topological polar surface area (TPSA) is 73.4 Å². The van der Waals surface area contributed by atoms with Gasteiger partial charge in [-0.2, -0.15) is 0 Å². The van der Waals surface area contributed by atoms with E-state index in [1.165, 1.54) is 0 Å². The molecule has 1 amide bonds. The van der Waals surface area contributed by atoms with Crippen LogP contribution in [0.5, 0.6) is 0 Å². The lowest BCUT2D eigenvalue weighted by Crippen LogP contribution is -2.26. The molecule has 4 rings (SSSR count). The third kappa shape index (κ3) is 3.01. The van der Waals surface area contributed by atoms with Crippen molar-refractivity contribution in [1.29, 1.82) is 0 Å². The third-order valence-corrected chi connectivity index (χ3v) is 5.45. The molecule has 3 aromatic heterocycles. The van der Waals surface area contributed by atoms with Crippen molar-refractivity contribution in [2.75, 3.05) is 19.7 Å². The van der Waals surface area contributed by atoms with Gasteiger partial charge in [0.1, 0.15) is 12.4 Å². The SMILES string of the molecule is Cc1cc(-n2c(C)cc(-c3csc(CCN4CCOC4=O)n3)c2C)no1. The van der Waals surface area contributed by atoms with Gasteiger partial charge in [-0.05, 0) is 26.8 Å². The molecule has 1 aliphatic rings. The van der Waals surface area contributed by atoms with Crippen LogP contribution < -0.4 is 0 Å². The van der Waals surface area contributed by atoms with E-state index in [1.54, 1.807) is 16.2 Å². The Labute approximate surface area is 155 Å². The number of ether oxygens (including phenoxy) is 1. The van der Waals surface area contributed by atoms with Gasteiger partial charge in [0.25, 0.3) is 0 Å². The molecule has 0 saturated carbocycles. The number of carbonyl (C=O) groups excluding carboxylic acids is 1. The Morgan fingerprint density at radius 2 is 2.12 bits per heavy atom. The minimum Gasteiger partial charge on any atom is -0.448 e. The van der Waals surface area contributed by atoms with E-state index >= 15 is 0 Å². The summed E-state index contributed by atoms with van der Waals surface area (Å²) in [5, 5.41) is 7.20. The van der Waals surface area contributed by atoms with E-state index in [0.29, 0.717) is 19.7 Å². The number of thiazole rings is 1. The molecule has 0 spiro atoms. The number of cyclic esters (lactones) is 1. The van der Waals surface area contributed by atoms with Crippen LogP contribution in [-0.2, 0) is 11.2 Å². The van der Waals surface area contributed by atoms with Crippen molar-refractivity contribution in [2.24, 2.45) is 0 Å². The normalized spacial score (nSPS) is 14.3. The van der Waals surface area contributed by atoms with Crippen LogP contribution in [0.3, 0.4) is 0 Å². The van der Waals surface area contributed by atoms with Gasteiger partial charge in [0.15, 0.2) is 5.82 Å². The van der Waals surface area contributed by atoms with Crippen LogP contribution in [0.2, 0.25) is 0 Å². The predicted octanol–water partition coefficient (Wildman–Crippen LogP) is 3.51. The molecule has 0 N–H and O–H groups in total. The Balaban J connectivity index is 1.55. The highest BCUT2D eigenvalue weighted by Crippen LogP contribution is 2.30. The second kappa shape index (κ2) is 6.60. The summed E-state index contributed by atoms with van der Waals surface area (Å²) in [6, 6.07) is 4.04. The summed E-state index contributed by atoms with van der Waals surface area (Å²) in [6.07, 6.45) is 0.509. The number of hydrogen-bond donors (Lipinski definition) is 0. The first kappa shape index (κ1) is 16.8. The first-order valence-electron chi connectivity index (χ1n) is 8.52. The van der Waals surface area contributed by atoms with Crippen LogP contribution in [-0.4, -0.2) is 45.4 Å². The lowest BCUT2D eigenvalue weighted by molar-refractivity contribution is 0.159. The molecule has 1 fully saturated rings. The number of amides is 1. The summed E-state index contributed by atoms with van der Waals surface area (Å²) in [5.74, 6) is 1.57. The number of rotatable bonds is 5. The number of carbonyl (C=O) groups is 1. The van der Waals surface area contributed by atoms with Crippen LogP contribution in [0.15, 0.2) is 22.0 Å². The maximum atomic E-state index is 11.5. The van der Waals surface area contributed by atoms with E-state index in [4.69, 9.17) is 14.2 Å². The largest absolute Gasteiger partial charge is 0.448 e. The fraction of sp³-hybridized carbons (Fsp3) is 0.389. The fourth-order valence-corrected chi connectivity index (χ4v) is 4.03. The molecule has 8 heteroatoms. The van der Waals surface area contributed by atoms with E-state index in [1.807, 2.05) is 19.9 Å². The fourth-order valence-electron chi connectivity index (χ4n) is 3.24. The quantitative estimate of drug-likeness (QED) is 0.685. The number of nitrogens with zero attached hydrogens (tertiary/aromatic N) is 4. The summed E-state index contributed by atoms with van der Waals surface area (Å²) < 4.78 is 12.2. The molecule has 1 aliphatic heterocycles. The predicted molar refractivity (Wildman–Crippen MR) is 97.8 cm³/mol. The minimum absolute atomic E-state index is 0.228. The van der Waals surface area contributed by atoms with Gasteiger partial charge >= 0.3 is 6.09 Å². The average Bonchev–Trinajstić information content (AvgIpc) is 3.36. The van der Waals surface area contributed by atoms with Crippen LogP contribution in [0.1, 0.15) is 22.2 Å². The smallest absolute Gasteiger partial charge is 0.409 e. The van der Waals surface area contributed by atoms with Crippen LogP contribution in [0.25, 0.3) is 17.1 Å². The standard InChI is InChI=1S/C18H20N4O3S/c1-11-8-14(13(3)22(11)16-9-12(2)25-20-16)15-10-26-17(19-15)4-5-21-6-7-24-18(21)23/h8-10H,4-7H2,1-3H3. The molecule has 0 aromatic carbocycles. The molecule has 3 aromatic rings. The second-order valence-corrected chi connectivity index (χ2v) is 7.34. The molecule has 1 saturated heterocycles. The molecule has 0 radical (unpaired) electrons. The monoisotopic (exact) mass is 372 g/mol. The van der Waals surface area contributed by atoms with E-state index in [2.05, 4.69) is 28.1 Å². The zero-order chi connectivity index (χ0) is 18.3. The van der Waals surface area contributed by atoms with Crippen molar-refractivity contribution in [2.45, 2.75) is 27.2 Å². The van der Waals surface area contributed by atoms with Crippen LogP contribution >= 0.6 is 11.3 Å². The molecule has 0 aliphatic carbocycles. The summed E-state index contributed by atoms with van der Waals surface area (Å²) in [6.45, 7) is 7.78. The maximum Gasteiger partial charge on any atom is 0.409 e. The minimum atomic E-state index is -0.228. The summed E-state index contributed by atoms with van der Waals surface area (Å²) in [4.78, 5) is 18.0. The molecule has 0 atom stereocenters. The van der Waals surface area contributed by atoms with Crippen molar-refractivity contribution in [3.05, 3.63) is 39.7 Å². The molecular formula is C18H20N4O3S. The highest BCUT2D eigenvalue weighted by atomic mass is 32.1. The molecule has 136 valence electrons. The lowest BCUT2D eigenvalue weighted by Gasteiger charge is -2.10. The Morgan fingerprint density at radius 1 is 1.27 bits per heavy atom. The zero-order valence-corrected chi connectivity index (χ0v) is 15.8.